The van der Waals surface area contributed by atoms with Crippen molar-refractivity contribution in [3.8, 4) is 0 Å². The summed E-state index contributed by atoms with van der Waals surface area (Å²) < 4.78 is 9.33. The van der Waals surface area contributed by atoms with Crippen molar-refractivity contribution in [3.63, 3.8) is 0 Å². The van der Waals surface area contributed by atoms with Crippen molar-refractivity contribution in [1.82, 2.24) is 0 Å². The van der Waals surface area contributed by atoms with E-state index in [-0.39, 0.29) is 13.2 Å². The van der Waals surface area contributed by atoms with Crippen molar-refractivity contribution in [1.29, 1.82) is 0 Å². The highest BCUT2D eigenvalue weighted by molar-refractivity contribution is 5.75. The Balaban J connectivity index is 3.58. The van der Waals surface area contributed by atoms with Crippen molar-refractivity contribution in [2.75, 3.05) is 13.2 Å². The molecule has 0 saturated carbocycles. The second kappa shape index (κ2) is 16.7. The number of aliphatic hydroxyl groups excluding tert-OH is 4. The zero-order chi connectivity index (χ0) is 21.4. The molecule has 0 aliphatic heterocycles. The highest BCUT2D eigenvalue weighted by atomic mass is 16.6. The third-order valence-electron chi connectivity index (χ3n) is 4.53. The molecule has 0 radical (unpaired) electrons. The van der Waals surface area contributed by atoms with Crippen LogP contribution in [0.15, 0.2) is 0 Å². The normalized spacial score (nSPS) is 15.5. The minimum Gasteiger partial charge on any atom is -0.464 e. The third-order valence-corrected chi connectivity index (χ3v) is 4.53. The average Bonchev–Trinajstić information content (AvgIpc) is 2.68. The van der Waals surface area contributed by atoms with E-state index in [1.807, 2.05) is 0 Å². The van der Waals surface area contributed by atoms with Crippen molar-refractivity contribution in [2.45, 2.75) is 102 Å². The first kappa shape index (κ1) is 26.8. The Morgan fingerprint density at radius 2 is 0.893 bits per heavy atom. The summed E-state index contributed by atoms with van der Waals surface area (Å²) in [5.74, 6) is -1.57. The quantitative estimate of drug-likeness (QED) is 0.211. The van der Waals surface area contributed by atoms with Crippen LogP contribution < -0.4 is 0 Å². The maximum absolute atomic E-state index is 11.3. The minimum atomic E-state index is -1.47. The summed E-state index contributed by atoms with van der Waals surface area (Å²) in [7, 11) is 0. The van der Waals surface area contributed by atoms with E-state index in [1.54, 1.807) is 13.8 Å². The number of rotatable bonds is 17. The van der Waals surface area contributed by atoms with Crippen LogP contribution in [0.25, 0.3) is 0 Å². The number of esters is 2. The Kier molecular flexibility index (Phi) is 16.0. The first-order chi connectivity index (χ1) is 13.3. The average molecular weight is 407 g/mol. The molecule has 8 nitrogen and oxygen atoms in total. The molecule has 0 amide bonds. The largest absolute Gasteiger partial charge is 0.464 e. The Hall–Kier alpha value is -1.22. The summed E-state index contributed by atoms with van der Waals surface area (Å²) >= 11 is 0. The van der Waals surface area contributed by atoms with Gasteiger partial charge in [-0.1, -0.05) is 51.4 Å². The van der Waals surface area contributed by atoms with Gasteiger partial charge in [0.05, 0.1) is 25.4 Å². The van der Waals surface area contributed by atoms with Gasteiger partial charge in [-0.25, -0.2) is 9.59 Å². The first-order valence-electron chi connectivity index (χ1n) is 10.4. The molecule has 0 spiro atoms. The van der Waals surface area contributed by atoms with E-state index in [9.17, 15) is 30.0 Å². The molecule has 0 rings (SSSR count). The molecule has 0 aliphatic rings. The summed E-state index contributed by atoms with van der Waals surface area (Å²) in [6, 6.07) is 0. The summed E-state index contributed by atoms with van der Waals surface area (Å²) in [6.45, 7) is 3.64. The van der Waals surface area contributed by atoms with E-state index in [0.29, 0.717) is 12.8 Å². The zero-order valence-corrected chi connectivity index (χ0v) is 17.2. The molecule has 4 N–H and O–H groups in total. The van der Waals surface area contributed by atoms with E-state index in [0.717, 1.165) is 51.4 Å². The lowest BCUT2D eigenvalue weighted by Gasteiger charge is -2.16. The highest BCUT2D eigenvalue weighted by Gasteiger charge is 2.25. The molecular weight excluding hydrogens is 368 g/mol. The van der Waals surface area contributed by atoms with Crippen molar-refractivity contribution < 1.29 is 39.5 Å². The van der Waals surface area contributed by atoms with Gasteiger partial charge in [0.2, 0.25) is 0 Å². The SMILES string of the molecule is CCOC(=O)[C@@H](O)[C@H](O)CCCCCCCCCC[C@@H](O)[C@H](O)C(=O)OCC. The summed E-state index contributed by atoms with van der Waals surface area (Å²) in [4.78, 5) is 22.6. The maximum atomic E-state index is 11.3. The van der Waals surface area contributed by atoms with Crippen molar-refractivity contribution in [2.24, 2.45) is 0 Å². The van der Waals surface area contributed by atoms with Gasteiger partial charge in [-0.2, -0.15) is 0 Å². The van der Waals surface area contributed by atoms with E-state index >= 15 is 0 Å². The number of hydrogen-bond acceptors (Lipinski definition) is 8. The standard InChI is InChI=1S/C20H38O8/c1-3-27-19(25)17(23)15(21)13-11-9-7-5-6-8-10-12-14-16(22)18(24)20(26)28-4-2/h15-18,21-24H,3-14H2,1-2H3/t15-,16-,17+,18+/m1/s1. The smallest absolute Gasteiger partial charge is 0.337 e. The van der Waals surface area contributed by atoms with Gasteiger partial charge in [0.25, 0.3) is 0 Å². The summed E-state index contributed by atoms with van der Waals surface area (Å²) in [5.41, 5.74) is 0. The molecule has 8 heteroatoms. The van der Waals surface area contributed by atoms with Gasteiger partial charge in [0, 0.05) is 0 Å². The highest BCUT2D eigenvalue weighted by Crippen LogP contribution is 2.14. The van der Waals surface area contributed by atoms with Gasteiger partial charge >= 0.3 is 11.9 Å². The van der Waals surface area contributed by atoms with Gasteiger partial charge in [-0.3, -0.25) is 0 Å². The lowest BCUT2D eigenvalue weighted by Crippen LogP contribution is -2.35. The summed E-state index contributed by atoms with van der Waals surface area (Å²) in [6.07, 6.45) is 3.00. The van der Waals surface area contributed by atoms with Crippen LogP contribution in [0.2, 0.25) is 0 Å². The molecule has 0 bridgehead atoms. The minimum absolute atomic E-state index is 0.174. The first-order valence-corrected chi connectivity index (χ1v) is 10.4. The Morgan fingerprint density at radius 3 is 1.18 bits per heavy atom. The Morgan fingerprint density at radius 1 is 0.607 bits per heavy atom. The van der Waals surface area contributed by atoms with E-state index in [2.05, 4.69) is 9.47 Å². The van der Waals surface area contributed by atoms with Gasteiger partial charge in [0.15, 0.2) is 12.2 Å². The molecule has 0 aliphatic carbocycles. The fourth-order valence-corrected chi connectivity index (χ4v) is 2.85. The Labute approximate surface area is 167 Å². The predicted octanol–water partition coefficient (Wildman–Crippen LogP) is 1.46. The third kappa shape index (κ3) is 12.3. The lowest BCUT2D eigenvalue weighted by molar-refractivity contribution is -0.160. The van der Waals surface area contributed by atoms with Crippen LogP contribution in [0.3, 0.4) is 0 Å². The zero-order valence-electron chi connectivity index (χ0n) is 17.2. The van der Waals surface area contributed by atoms with Crippen LogP contribution in [0, 0.1) is 0 Å². The monoisotopic (exact) mass is 406 g/mol. The molecule has 28 heavy (non-hydrogen) atoms. The molecule has 0 fully saturated rings. The number of aliphatic hydroxyl groups is 4. The van der Waals surface area contributed by atoms with E-state index in [4.69, 9.17) is 0 Å². The number of carbonyl (C=O) groups excluding carboxylic acids is 2. The number of ether oxygens (including phenoxy) is 2. The molecule has 0 aromatic carbocycles. The number of unbranched alkanes of at least 4 members (excludes halogenated alkanes) is 7. The number of carbonyl (C=O) groups is 2. The van der Waals surface area contributed by atoms with Gasteiger partial charge < -0.3 is 29.9 Å². The van der Waals surface area contributed by atoms with Crippen molar-refractivity contribution >= 4 is 11.9 Å². The van der Waals surface area contributed by atoms with Crippen LogP contribution in [0.5, 0.6) is 0 Å². The van der Waals surface area contributed by atoms with Gasteiger partial charge in [0.1, 0.15) is 0 Å². The molecule has 0 aromatic heterocycles. The summed E-state index contributed by atoms with van der Waals surface area (Å²) in [5, 5.41) is 38.7. The van der Waals surface area contributed by atoms with Gasteiger partial charge in [-0.15, -0.1) is 0 Å². The molecule has 166 valence electrons. The number of hydrogen-bond donors (Lipinski definition) is 4. The molecular formula is C20H38O8. The van der Waals surface area contributed by atoms with E-state index < -0.39 is 36.4 Å². The lowest BCUT2D eigenvalue weighted by atomic mass is 10.0. The van der Waals surface area contributed by atoms with Crippen molar-refractivity contribution in [3.05, 3.63) is 0 Å². The Bertz CT molecular complexity index is 377. The maximum Gasteiger partial charge on any atom is 0.337 e. The van der Waals surface area contributed by atoms with Crippen LogP contribution in [-0.2, 0) is 19.1 Å². The molecule has 4 atom stereocenters. The predicted molar refractivity (Wildman–Crippen MR) is 103 cm³/mol. The topological polar surface area (TPSA) is 134 Å². The second-order valence-corrected chi connectivity index (χ2v) is 6.93. The molecule has 0 unspecified atom stereocenters. The molecule has 0 saturated heterocycles. The van der Waals surface area contributed by atoms with Crippen LogP contribution in [0.4, 0.5) is 0 Å². The van der Waals surface area contributed by atoms with Gasteiger partial charge in [-0.05, 0) is 26.7 Å². The van der Waals surface area contributed by atoms with Crippen LogP contribution in [0.1, 0.15) is 78.1 Å². The van der Waals surface area contributed by atoms with Crippen LogP contribution in [-0.4, -0.2) is 70.0 Å². The van der Waals surface area contributed by atoms with Crippen LogP contribution >= 0.6 is 0 Å². The van der Waals surface area contributed by atoms with E-state index in [1.165, 1.54) is 0 Å². The molecule has 0 aromatic rings. The second-order valence-electron chi connectivity index (χ2n) is 6.93. The molecule has 0 heterocycles. The fourth-order valence-electron chi connectivity index (χ4n) is 2.85. The fraction of sp³-hybridized carbons (Fsp3) is 0.900.